The van der Waals surface area contributed by atoms with Crippen LogP contribution in [-0.4, -0.2) is 17.1 Å². The lowest BCUT2D eigenvalue weighted by atomic mass is 10.1. The molecule has 122 valence electrons. The highest BCUT2D eigenvalue weighted by Gasteiger charge is 2.21. The van der Waals surface area contributed by atoms with Gasteiger partial charge in [-0.05, 0) is 42.0 Å². The number of benzene rings is 2. The molecule has 0 aliphatic heterocycles. The van der Waals surface area contributed by atoms with E-state index in [4.69, 9.17) is 0 Å². The van der Waals surface area contributed by atoms with Crippen LogP contribution in [0.2, 0.25) is 0 Å². The van der Waals surface area contributed by atoms with Gasteiger partial charge in [0.25, 0.3) is 5.91 Å². The maximum atomic E-state index is 12.2. The highest BCUT2D eigenvalue weighted by Crippen LogP contribution is 2.20. The summed E-state index contributed by atoms with van der Waals surface area (Å²) < 4.78 is 36.4. The van der Waals surface area contributed by atoms with Gasteiger partial charge in [0.2, 0.25) is 0 Å². The molecule has 0 saturated heterocycles. The van der Waals surface area contributed by atoms with Gasteiger partial charge in [-0.15, -0.1) is 0 Å². The van der Waals surface area contributed by atoms with Crippen LogP contribution in [0.3, 0.4) is 0 Å². The molecule has 0 fully saturated rings. The molecule has 2 N–H and O–H groups in total. The Morgan fingerprint density at radius 1 is 1.04 bits per heavy atom. The Bertz CT molecular complexity index is 893. The minimum atomic E-state index is -4.35. The molecule has 0 aliphatic rings. The molecule has 1 aromatic heterocycles. The molecule has 1 amide bonds. The second-order valence-electron chi connectivity index (χ2n) is 5.23. The number of hydrogen-bond donors (Lipinski definition) is 2. The molecule has 0 atom stereocenters. The summed E-state index contributed by atoms with van der Waals surface area (Å²) in [7, 11) is 0. The number of alkyl halides is 3. The predicted molar refractivity (Wildman–Crippen MR) is 87.8 cm³/mol. The van der Waals surface area contributed by atoms with Gasteiger partial charge < -0.3 is 10.3 Å². The number of fused-ring (bicyclic) bond motifs is 1. The van der Waals surface area contributed by atoms with Crippen LogP contribution in [-0.2, 0) is 0 Å². The number of nitrogens with one attached hydrogen (secondary N) is 2. The molecule has 3 rings (SSSR count). The maximum Gasteiger partial charge on any atom is 0.409 e. The Balaban J connectivity index is 1.71. The number of aromatic nitrogens is 1. The summed E-state index contributed by atoms with van der Waals surface area (Å²) in [6.45, 7) is 0. The number of carbonyl (C=O) groups excluding carboxylic acids is 1. The topological polar surface area (TPSA) is 44.9 Å². The van der Waals surface area contributed by atoms with Crippen molar-refractivity contribution in [1.29, 1.82) is 0 Å². The number of allylic oxidation sites excluding steroid dienone is 1. The van der Waals surface area contributed by atoms with Crippen molar-refractivity contribution in [2.45, 2.75) is 6.18 Å². The van der Waals surface area contributed by atoms with Gasteiger partial charge in [-0.3, -0.25) is 4.79 Å². The number of amides is 1. The third-order valence-electron chi connectivity index (χ3n) is 3.45. The molecule has 0 bridgehead atoms. The van der Waals surface area contributed by atoms with Gasteiger partial charge in [-0.1, -0.05) is 18.2 Å². The van der Waals surface area contributed by atoms with E-state index in [0.717, 1.165) is 17.0 Å². The summed E-state index contributed by atoms with van der Waals surface area (Å²) >= 11 is 0. The third-order valence-corrected chi connectivity index (χ3v) is 3.45. The number of hydrogen-bond acceptors (Lipinski definition) is 1. The van der Waals surface area contributed by atoms with Crippen LogP contribution < -0.4 is 5.32 Å². The van der Waals surface area contributed by atoms with Crippen LogP contribution in [0.5, 0.6) is 0 Å². The van der Waals surface area contributed by atoms with E-state index in [2.05, 4.69) is 10.3 Å². The smallest absolute Gasteiger partial charge is 0.361 e. The van der Waals surface area contributed by atoms with E-state index < -0.39 is 6.18 Å². The minimum Gasteiger partial charge on any atom is -0.361 e. The molecule has 0 saturated carbocycles. The SMILES string of the molecule is O=C(Nc1ccc2[nH]ccc2c1)c1ccc(/C=C/C(F)(F)F)cc1. The lowest BCUT2D eigenvalue weighted by molar-refractivity contribution is -0.0790. The Labute approximate surface area is 135 Å². The average molecular weight is 330 g/mol. The molecule has 3 aromatic rings. The fraction of sp³-hybridized carbons (Fsp3) is 0.0556. The number of rotatable bonds is 3. The summed E-state index contributed by atoms with van der Waals surface area (Å²) in [6, 6.07) is 13.3. The van der Waals surface area contributed by atoms with Crippen LogP contribution in [0.4, 0.5) is 18.9 Å². The fourth-order valence-corrected chi connectivity index (χ4v) is 2.27. The molecule has 0 radical (unpaired) electrons. The average Bonchev–Trinajstić information content (AvgIpc) is 3.00. The van der Waals surface area contributed by atoms with Gasteiger partial charge in [0.15, 0.2) is 0 Å². The Kier molecular flexibility index (Phi) is 4.12. The van der Waals surface area contributed by atoms with Crippen LogP contribution in [0.1, 0.15) is 15.9 Å². The van der Waals surface area contributed by atoms with E-state index >= 15 is 0 Å². The summed E-state index contributed by atoms with van der Waals surface area (Å²) in [5, 5.41) is 3.74. The molecule has 3 nitrogen and oxygen atoms in total. The van der Waals surface area contributed by atoms with Crippen LogP contribution >= 0.6 is 0 Å². The van der Waals surface area contributed by atoms with Gasteiger partial charge in [-0.25, -0.2) is 0 Å². The van der Waals surface area contributed by atoms with Crippen molar-refractivity contribution in [3.8, 4) is 0 Å². The first-order chi connectivity index (χ1) is 11.4. The highest BCUT2D eigenvalue weighted by atomic mass is 19.4. The van der Waals surface area contributed by atoms with Crippen molar-refractivity contribution in [2.24, 2.45) is 0 Å². The summed E-state index contributed by atoms with van der Waals surface area (Å²) in [5.41, 5.74) is 2.35. The van der Waals surface area contributed by atoms with Crippen molar-refractivity contribution in [2.75, 3.05) is 5.32 Å². The third kappa shape index (κ3) is 3.84. The molecular weight excluding hydrogens is 317 g/mol. The molecule has 6 heteroatoms. The Morgan fingerprint density at radius 3 is 2.50 bits per heavy atom. The first kappa shape index (κ1) is 15.9. The van der Waals surface area contributed by atoms with E-state index in [1.165, 1.54) is 24.3 Å². The van der Waals surface area contributed by atoms with E-state index in [1.807, 2.05) is 24.4 Å². The Morgan fingerprint density at radius 2 is 1.79 bits per heavy atom. The van der Waals surface area contributed by atoms with Gasteiger partial charge in [-0.2, -0.15) is 13.2 Å². The molecule has 2 aromatic carbocycles. The molecule has 24 heavy (non-hydrogen) atoms. The van der Waals surface area contributed by atoms with Gasteiger partial charge in [0.05, 0.1) is 0 Å². The normalized spacial score (nSPS) is 12.0. The van der Waals surface area contributed by atoms with E-state index in [1.54, 1.807) is 6.07 Å². The van der Waals surface area contributed by atoms with Gasteiger partial charge in [0.1, 0.15) is 0 Å². The second kappa shape index (κ2) is 6.23. The molecule has 0 spiro atoms. The van der Waals surface area contributed by atoms with E-state index in [-0.39, 0.29) is 12.0 Å². The summed E-state index contributed by atoms with van der Waals surface area (Å²) in [6.07, 6.45) is -1.42. The van der Waals surface area contributed by atoms with Crippen LogP contribution in [0, 0.1) is 0 Å². The number of aromatic amines is 1. The quantitative estimate of drug-likeness (QED) is 0.698. The standard InChI is InChI=1S/C18H13F3N2O/c19-18(20,21)9-7-12-1-3-13(4-2-12)17(24)23-15-5-6-16-14(11-15)8-10-22-16/h1-11,22H,(H,23,24)/b9-7+. The van der Waals surface area contributed by atoms with Crippen molar-refractivity contribution < 1.29 is 18.0 Å². The first-order valence-electron chi connectivity index (χ1n) is 7.15. The molecule has 0 unspecified atom stereocenters. The zero-order valence-corrected chi connectivity index (χ0v) is 12.4. The summed E-state index contributed by atoms with van der Waals surface area (Å²) in [4.78, 5) is 15.3. The largest absolute Gasteiger partial charge is 0.409 e. The molecule has 1 heterocycles. The minimum absolute atomic E-state index is 0.161. The zero-order chi connectivity index (χ0) is 17.2. The zero-order valence-electron chi connectivity index (χ0n) is 12.4. The van der Waals surface area contributed by atoms with Crippen molar-refractivity contribution in [1.82, 2.24) is 4.98 Å². The lowest BCUT2D eigenvalue weighted by Crippen LogP contribution is -2.11. The molecule has 0 aliphatic carbocycles. The monoisotopic (exact) mass is 330 g/mol. The maximum absolute atomic E-state index is 12.2. The van der Waals surface area contributed by atoms with Crippen molar-refractivity contribution in [3.05, 3.63) is 71.9 Å². The number of H-pyrrole nitrogens is 1. The fourth-order valence-electron chi connectivity index (χ4n) is 2.27. The number of carbonyl (C=O) groups is 1. The predicted octanol–water partition coefficient (Wildman–Crippen LogP) is 5.00. The van der Waals surface area contributed by atoms with Crippen molar-refractivity contribution in [3.63, 3.8) is 0 Å². The Hall–Kier alpha value is -3.02. The van der Waals surface area contributed by atoms with Crippen LogP contribution in [0.15, 0.2) is 60.8 Å². The van der Waals surface area contributed by atoms with E-state index in [9.17, 15) is 18.0 Å². The highest BCUT2D eigenvalue weighted by molar-refractivity contribution is 6.05. The van der Waals surface area contributed by atoms with Crippen LogP contribution in [0.25, 0.3) is 17.0 Å². The van der Waals surface area contributed by atoms with Crippen molar-refractivity contribution >= 4 is 28.6 Å². The second-order valence-corrected chi connectivity index (χ2v) is 5.23. The van der Waals surface area contributed by atoms with Gasteiger partial charge >= 0.3 is 6.18 Å². The van der Waals surface area contributed by atoms with E-state index in [0.29, 0.717) is 16.8 Å². The number of anilines is 1. The number of halogens is 3. The lowest BCUT2D eigenvalue weighted by Gasteiger charge is -2.06. The summed E-state index contributed by atoms with van der Waals surface area (Å²) in [5.74, 6) is -0.323. The van der Waals surface area contributed by atoms with Gasteiger partial charge in [0, 0.05) is 34.4 Å². The molecular formula is C18H13F3N2O. The first-order valence-corrected chi connectivity index (χ1v) is 7.15.